The molecule has 1 fully saturated rings. The lowest BCUT2D eigenvalue weighted by molar-refractivity contribution is -0.274. The predicted octanol–water partition coefficient (Wildman–Crippen LogP) is 4.82. The van der Waals surface area contributed by atoms with Crippen molar-refractivity contribution in [3.05, 3.63) is 53.9 Å². The molecular formula is C24H27F3N2O4. The van der Waals surface area contributed by atoms with Crippen LogP contribution in [0.3, 0.4) is 0 Å². The van der Waals surface area contributed by atoms with Crippen molar-refractivity contribution < 1.29 is 32.2 Å². The third kappa shape index (κ3) is 7.20. The van der Waals surface area contributed by atoms with E-state index in [9.17, 15) is 22.8 Å². The summed E-state index contributed by atoms with van der Waals surface area (Å²) in [4.78, 5) is 31.1. The van der Waals surface area contributed by atoms with Gasteiger partial charge in [0.15, 0.2) is 0 Å². The van der Waals surface area contributed by atoms with E-state index in [1.54, 1.807) is 23.1 Å². The highest BCUT2D eigenvalue weighted by Gasteiger charge is 2.31. The van der Waals surface area contributed by atoms with Crippen LogP contribution >= 0.6 is 0 Å². The van der Waals surface area contributed by atoms with Gasteiger partial charge in [-0.05, 0) is 24.3 Å². The summed E-state index contributed by atoms with van der Waals surface area (Å²) in [6.45, 7) is 6.42. The molecule has 0 N–H and O–H groups in total. The average Bonchev–Trinajstić information content (AvgIpc) is 2.72. The maximum atomic E-state index is 12.9. The first-order valence-electron chi connectivity index (χ1n) is 10.7. The van der Waals surface area contributed by atoms with Gasteiger partial charge in [0, 0.05) is 61.3 Å². The number of hydrogen-bond donors (Lipinski definition) is 0. The van der Waals surface area contributed by atoms with Crippen LogP contribution in [0.1, 0.15) is 49.7 Å². The molecule has 3 rings (SSSR count). The summed E-state index contributed by atoms with van der Waals surface area (Å²) in [5.41, 5.74) is 0.542. The highest BCUT2D eigenvalue weighted by atomic mass is 19.4. The Balaban J connectivity index is 1.56. The maximum Gasteiger partial charge on any atom is 0.573 e. The van der Waals surface area contributed by atoms with Gasteiger partial charge in [0.25, 0.3) is 5.91 Å². The van der Waals surface area contributed by atoms with Crippen LogP contribution in [-0.2, 0) is 11.2 Å². The Kier molecular flexibility index (Phi) is 7.29. The normalized spacial score (nSPS) is 15.3. The summed E-state index contributed by atoms with van der Waals surface area (Å²) in [5, 5.41) is 0. The van der Waals surface area contributed by atoms with Gasteiger partial charge in [0.05, 0.1) is 0 Å². The first-order chi connectivity index (χ1) is 15.4. The zero-order chi connectivity index (χ0) is 24.2. The lowest BCUT2D eigenvalue weighted by Crippen LogP contribution is -2.41. The van der Waals surface area contributed by atoms with Crippen LogP contribution in [0.25, 0.3) is 0 Å². The number of ketones is 1. The lowest BCUT2D eigenvalue weighted by Gasteiger charge is -2.32. The fraction of sp³-hybridized carbons (Fsp3) is 0.458. The first-order valence-corrected chi connectivity index (χ1v) is 10.7. The van der Waals surface area contributed by atoms with E-state index in [4.69, 9.17) is 4.74 Å². The van der Waals surface area contributed by atoms with Crippen molar-refractivity contribution >= 4 is 11.7 Å². The van der Waals surface area contributed by atoms with E-state index in [-0.39, 0.29) is 35.7 Å². The number of hydrogen-bond acceptors (Lipinski definition) is 5. The van der Waals surface area contributed by atoms with Crippen LogP contribution in [0.4, 0.5) is 13.2 Å². The van der Waals surface area contributed by atoms with Crippen LogP contribution in [0.15, 0.2) is 42.6 Å². The van der Waals surface area contributed by atoms with E-state index < -0.39 is 11.8 Å². The van der Waals surface area contributed by atoms with Crippen LogP contribution in [-0.4, -0.2) is 47.1 Å². The van der Waals surface area contributed by atoms with E-state index in [0.717, 1.165) is 0 Å². The van der Waals surface area contributed by atoms with Crippen LogP contribution in [0.5, 0.6) is 11.5 Å². The van der Waals surface area contributed by atoms with E-state index in [1.807, 2.05) is 20.8 Å². The molecule has 0 radical (unpaired) electrons. The van der Waals surface area contributed by atoms with Crippen LogP contribution < -0.4 is 9.47 Å². The minimum Gasteiger partial charge on any atom is -0.490 e. The maximum absolute atomic E-state index is 12.9. The first kappa shape index (κ1) is 24.5. The molecule has 0 unspecified atom stereocenters. The number of piperidine rings is 1. The number of nitrogens with zero attached hydrogens (tertiary/aromatic N) is 2. The number of likely N-dealkylation sites (tertiary alicyclic amines) is 1. The Morgan fingerprint density at radius 3 is 2.36 bits per heavy atom. The van der Waals surface area contributed by atoms with Gasteiger partial charge in [0.2, 0.25) is 0 Å². The topological polar surface area (TPSA) is 68.7 Å². The van der Waals surface area contributed by atoms with E-state index in [0.29, 0.717) is 37.2 Å². The molecule has 1 aliphatic rings. The summed E-state index contributed by atoms with van der Waals surface area (Å²) in [5.74, 6) is -0.169. The molecule has 1 aromatic heterocycles. The van der Waals surface area contributed by atoms with Gasteiger partial charge in [-0.1, -0.05) is 26.8 Å². The molecule has 0 aliphatic carbocycles. The molecule has 1 amide bonds. The molecule has 6 nitrogen and oxygen atoms in total. The van der Waals surface area contributed by atoms with Crippen molar-refractivity contribution in [3.63, 3.8) is 0 Å². The van der Waals surface area contributed by atoms with Gasteiger partial charge < -0.3 is 14.4 Å². The highest BCUT2D eigenvalue weighted by Crippen LogP contribution is 2.28. The van der Waals surface area contributed by atoms with Crippen LogP contribution in [0, 0.1) is 5.41 Å². The van der Waals surface area contributed by atoms with Crippen molar-refractivity contribution in [1.29, 1.82) is 0 Å². The Labute approximate surface area is 190 Å². The molecule has 1 saturated heterocycles. The summed E-state index contributed by atoms with van der Waals surface area (Å²) in [6.07, 6.45) is -2.22. The van der Waals surface area contributed by atoms with Gasteiger partial charge in [-0.15, -0.1) is 13.2 Å². The molecule has 9 heteroatoms. The zero-order valence-electron chi connectivity index (χ0n) is 18.8. The summed E-state index contributed by atoms with van der Waals surface area (Å²) in [6, 6.07) is 8.68. The molecule has 0 atom stereocenters. The number of carbonyl (C=O) groups excluding carboxylic acids is 2. The average molecular weight is 464 g/mol. The summed E-state index contributed by atoms with van der Waals surface area (Å²) < 4.78 is 47.0. The van der Waals surface area contributed by atoms with Gasteiger partial charge in [-0.2, -0.15) is 0 Å². The van der Waals surface area contributed by atoms with Crippen molar-refractivity contribution in [3.8, 4) is 11.5 Å². The smallest absolute Gasteiger partial charge is 0.490 e. The minimum atomic E-state index is -4.77. The second-order valence-electron chi connectivity index (χ2n) is 9.02. The number of pyridine rings is 1. The molecule has 0 bridgehead atoms. The molecular weight excluding hydrogens is 437 g/mol. The molecule has 2 heterocycles. The van der Waals surface area contributed by atoms with Crippen molar-refractivity contribution in [2.45, 2.75) is 52.5 Å². The standard InChI is InChI=1S/C24H27F3N2O4/c1-23(2,3)21(30)14-17-13-16(7-10-28-17)22(31)29-11-8-18(9-12-29)32-19-5-4-6-20(15-19)33-24(25,26)27/h4-7,10,13,15,18H,8-9,11-12,14H2,1-3H3. The Hall–Kier alpha value is -3.10. The Morgan fingerprint density at radius 1 is 1.06 bits per heavy atom. The second kappa shape index (κ2) is 9.80. The third-order valence-corrected chi connectivity index (χ3v) is 5.31. The monoisotopic (exact) mass is 464 g/mol. The summed E-state index contributed by atoms with van der Waals surface area (Å²) >= 11 is 0. The number of rotatable bonds is 6. The number of alkyl halides is 3. The molecule has 0 spiro atoms. The van der Waals surface area contributed by atoms with Crippen LogP contribution in [0.2, 0.25) is 0 Å². The van der Waals surface area contributed by atoms with Crippen molar-refractivity contribution in [1.82, 2.24) is 9.88 Å². The van der Waals surface area contributed by atoms with Gasteiger partial charge in [-0.25, -0.2) is 0 Å². The number of aromatic nitrogens is 1. The van der Waals surface area contributed by atoms with Gasteiger partial charge in [-0.3, -0.25) is 14.6 Å². The number of benzene rings is 1. The van der Waals surface area contributed by atoms with E-state index in [1.165, 1.54) is 24.4 Å². The Bertz CT molecular complexity index is 994. The van der Waals surface area contributed by atoms with E-state index in [2.05, 4.69) is 9.72 Å². The molecule has 1 aromatic carbocycles. The summed E-state index contributed by atoms with van der Waals surface area (Å²) in [7, 11) is 0. The van der Waals surface area contributed by atoms with E-state index >= 15 is 0 Å². The predicted molar refractivity (Wildman–Crippen MR) is 115 cm³/mol. The fourth-order valence-electron chi connectivity index (χ4n) is 3.43. The fourth-order valence-corrected chi connectivity index (χ4v) is 3.43. The SMILES string of the molecule is CC(C)(C)C(=O)Cc1cc(C(=O)N2CCC(Oc3cccc(OC(F)(F)F)c3)CC2)ccn1. The number of ether oxygens (including phenoxy) is 2. The lowest BCUT2D eigenvalue weighted by atomic mass is 9.88. The zero-order valence-corrected chi connectivity index (χ0v) is 18.8. The molecule has 0 saturated carbocycles. The Morgan fingerprint density at radius 2 is 1.73 bits per heavy atom. The number of carbonyl (C=O) groups is 2. The molecule has 33 heavy (non-hydrogen) atoms. The third-order valence-electron chi connectivity index (χ3n) is 5.31. The quantitative estimate of drug-likeness (QED) is 0.613. The van der Waals surface area contributed by atoms with Crippen molar-refractivity contribution in [2.24, 2.45) is 5.41 Å². The molecule has 178 valence electrons. The van der Waals surface area contributed by atoms with Gasteiger partial charge in [0.1, 0.15) is 23.4 Å². The second-order valence-corrected chi connectivity index (χ2v) is 9.02. The molecule has 1 aliphatic heterocycles. The number of amides is 1. The minimum absolute atomic E-state index is 0.0438. The number of halogens is 3. The van der Waals surface area contributed by atoms with Crippen molar-refractivity contribution in [2.75, 3.05) is 13.1 Å². The molecule has 2 aromatic rings. The number of Topliss-reactive ketones (excluding diaryl/α,β-unsaturated/α-hetero) is 1. The highest BCUT2D eigenvalue weighted by molar-refractivity contribution is 5.94. The largest absolute Gasteiger partial charge is 0.573 e. The van der Waals surface area contributed by atoms with Gasteiger partial charge >= 0.3 is 6.36 Å².